The lowest BCUT2D eigenvalue weighted by Gasteiger charge is -2.33. The van der Waals surface area contributed by atoms with Gasteiger partial charge in [-0.25, -0.2) is 0 Å². The zero-order chi connectivity index (χ0) is 20.5. The Kier molecular flexibility index (Phi) is 10.4. The number of likely N-dealkylation sites (tertiary alicyclic amines) is 1. The van der Waals surface area contributed by atoms with E-state index in [4.69, 9.17) is 0 Å². The Morgan fingerprint density at radius 1 is 1.07 bits per heavy atom. The fraction of sp³-hybridized carbons (Fsp3) is 0.458. The zero-order valence-corrected chi connectivity index (χ0v) is 20.8. The van der Waals surface area contributed by atoms with Gasteiger partial charge >= 0.3 is 0 Å². The Bertz CT molecular complexity index is 745. The number of guanidine groups is 1. The van der Waals surface area contributed by atoms with Crippen LogP contribution in [0, 0.1) is 0 Å². The second-order valence-corrected chi connectivity index (χ2v) is 7.93. The first-order valence-corrected chi connectivity index (χ1v) is 10.7. The summed E-state index contributed by atoms with van der Waals surface area (Å²) in [4.78, 5) is 9.27. The van der Waals surface area contributed by atoms with Gasteiger partial charge in [-0.15, -0.1) is 24.0 Å². The third-order valence-corrected chi connectivity index (χ3v) is 5.79. The van der Waals surface area contributed by atoms with Crippen molar-refractivity contribution in [3.63, 3.8) is 0 Å². The molecular formula is C24H36IN5. The Morgan fingerprint density at radius 3 is 2.27 bits per heavy atom. The van der Waals surface area contributed by atoms with Gasteiger partial charge in [-0.2, -0.15) is 0 Å². The van der Waals surface area contributed by atoms with Gasteiger partial charge in [0.05, 0.1) is 0 Å². The average molecular weight is 521 g/mol. The van der Waals surface area contributed by atoms with E-state index in [1.807, 2.05) is 7.05 Å². The number of nitrogens with one attached hydrogen (secondary N) is 2. The fourth-order valence-electron chi connectivity index (χ4n) is 3.76. The molecule has 2 aromatic carbocycles. The Hall–Kier alpha value is -1.80. The molecule has 1 aliphatic heterocycles. The molecule has 2 N–H and O–H groups in total. The maximum atomic E-state index is 4.44. The molecule has 2 aromatic rings. The molecule has 1 heterocycles. The minimum atomic E-state index is 0. The van der Waals surface area contributed by atoms with Gasteiger partial charge in [0.25, 0.3) is 0 Å². The van der Waals surface area contributed by atoms with Crippen molar-refractivity contribution >= 4 is 35.6 Å². The molecule has 30 heavy (non-hydrogen) atoms. The summed E-state index contributed by atoms with van der Waals surface area (Å²) in [6, 6.07) is 22.1. The number of aliphatic imine (C=N–C) groups is 1. The highest BCUT2D eigenvalue weighted by atomic mass is 127. The number of piperidine rings is 1. The third-order valence-electron chi connectivity index (χ3n) is 5.79. The number of benzene rings is 2. The van der Waals surface area contributed by atoms with E-state index in [0.29, 0.717) is 12.1 Å². The van der Waals surface area contributed by atoms with Crippen LogP contribution in [0.2, 0.25) is 0 Å². The van der Waals surface area contributed by atoms with E-state index in [9.17, 15) is 0 Å². The van der Waals surface area contributed by atoms with Crippen molar-refractivity contribution in [1.29, 1.82) is 0 Å². The van der Waals surface area contributed by atoms with Crippen molar-refractivity contribution in [2.75, 3.05) is 38.6 Å². The van der Waals surface area contributed by atoms with E-state index in [1.54, 1.807) is 0 Å². The first-order chi connectivity index (χ1) is 14.2. The number of halogens is 1. The van der Waals surface area contributed by atoms with Crippen LogP contribution in [0.15, 0.2) is 65.7 Å². The quantitative estimate of drug-likeness (QED) is 0.329. The molecule has 0 bridgehead atoms. The molecule has 0 spiro atoms. The molecule has 5 nitrogen and oxygen atoms in total. The summed E-state index contributed by atoms with van der Waals surface area (Å²) in [7, 11) is 3.99. The van der Waals surface area contributed by atoms with Crippen LogP contribution in [-0.4, -0.2) is 56.7 Å². The minimum absolute atomic E-state index is 0. The van der Waals surface area contributed by atoms with Crippen molar-refractivity contribution in [3.8, 4) is 0 Å². The molecule has 0 aliphatic carbocycles. The molecule has 0 amide bonds. The Balaban J connectivity index is 0.00000320. The van der Waals surface area contributed by atoms with Gasteiger partial charge < -0.3 is 15.5 Å². The Morgan fingerprint density at radius 2 is 1.67 bits per heavy atom. The lowest BCUT2D eigenvalue weighted by Crippen LogP contribution is -2.50. The molecule has 0 aromatic heterocycles. The number of anilines is 1. The molecule has 1 fully saturated rings. The van der Waals surface area contributed by atoms with Gasteiger partial charge in [-0.3, -0.25) is 9.89 Å². The van der Waals surface area contributed by atoms with Crippen LogP contribution in [0.25, 0.3) is 0 Å². The number of rotatable bonds is 7. The van der Waals surface area contributed by atoms with Crippen LogP contribution in [-0.2, 0) is 6.54 Å². The lowest BCUT2D eigenvalue weighted by molar-refractivity contribution is 0.198. The van der Waals surface area contributed by atoms with E-state index in [-0.39, 0.29) is 24.0 Å². The van der Waals surface area contributed by atoms with Crippen LogP contribution in [0.1, 0.15) is 25.3 Å². The molecule has 1 atom stereocenters. The van der Waals surface area contributed by atoms with Gasteiger partial charge in [0.2, 0.25) is 0 Å². The standard InChI is InChI=1S/C24H35N5.HI/c1-20(28(3)23-12-8-5-9-13-23)18-26-24(25-2)27-22-14-16-29(17-15-22)19-21-10-6-4-7-11-21;/h4-13,20,22H,14-19H2,1-3H3,(H2,25,26,27);1H. The smallest absolute Gasteiger partial charge is 0.191 e. The predicted octanol–water partition coefficient (Wildman–Crippen LogP) is 3.96. The van der Waals surface area contributed by atoms with E-state index in [2.05, 4.69) is 100 Å². The molecule has 1 aliphatic rings. The largest absolute Gasteiger partial charge is 0.370 e. The molecule has 1 saturated heterocycles. The molecule has 0 saturated carbocycles. The number of hydrogen-bond donors (Lipinski definition) is 2. The van der Waals surface area contributed by atoms with Crippen LogP contribution >= 0.6 is 24.0 Å². The number of likely N-dealkylation sites (N-methyl/N-ethyl adjacent to an activating group) is 1. The number of hydrogen-bond acceptors (Lipinski definition) is 3. The van der Waals surface area contributed by atoms with Gasteiger partial charge in [0.15, 0.2) is 5.96 Å². The van der Waals surface area contributed by atoms with E-state index in [1.165, 1.54) is 11.3 Å². The number of para-hydroxylation sites is 1. The summed E-state index contributed by atoms with van der Waals surface area (Å²) < 4.78 is 0. The zero-order valence-electron chi connectivity index (χ0n) is 18.4. The molecule has 0 radical (unpaired) electrons. The SMILES string of the molecule is CN=C(NCC(C)N(C)c1ccccc1)NC1CCN(Cc2ccccc2)CC1.I. The van der Waals surface area contributed by atoms with Gasteiger partial charge in [-0.05, 0) is 37.5 Å². The topological polar surface area (TPSA) is 42.9 Å². The highest BCUT2D eigenvalue weighted by Gasteiger charge is 2.20. The van der Waals surface area contributed by atoms with Crippen LogP contribution < -0.4 is 15.5 Å². The van der Waals surface area contributed by atoms with Crippen molar-refractivity contribution in [1.82, 2.24) is 15.5 Å². The maximum Gasteiger partial charge on any atom is 0.191 e. The van der Waals surface area contributed by atoms with E-state index >= 15 is 0 Å². The van der Waals surface area contributed by atoms with Crippen molar-refractivity contribution in [2.24, 2.45) is 4.99 Å². The summed E-state index contributed by atoms with van der Waals surface area (Å²) in [6.45, 7) is 6.37. The van der Waals surface area contributed by atoms with Crippen LogP contribution in [0.3, 0.4) is 0 Å². The second-order valence-electron chi connectivity index (χ2n) is 7.93. The maximum absolute atomic E-state index is 4.44. The summed E-state index contributed by atoms with van der Waals surface area (Å²) in [5, 5.41) is 7.12. The summed E-state index contributed by atoms with van der Waals surface area (Å²) in [5.74, 6) is 0.903. The summed E-state index contributed by atoms with van der Waals surface area (Å²) in [6.07, 6.45) is 2.29. The van der Waals surface area contributed by atoms with Crippen LogP contribution in [0.5, 0.6) is 0 Å². The molecule has 6 heteroatoms. The molecular weight excluding hydrogens is 485 g/mol. The normalized spacial score (nSPS) is 16.4. The first kappa shape index (κ1) is 24.5. The lowest BCUT2D eigenvalue weighted by atomic mass is 10.0. The van der Waals surface area contributed by atoms with E-state index in [0.717, 1.165) is 45.0 Å². The molecule has 1 unspecified atom stereocenters. The van der Waals surface area contributed by atoms with E-state index < -0.39 is 0 Å². The summed E-state index contributed by atoms with van der Waals surface area (Å²) >= 11 is 0. The van der Waals surface area contributed by atoms with Crippen molar-refractivity contribution in [3.05, 3.63) is 66.2 Å². The highest BCUT2D eigenvalue weighted by Crippen LogP contribution is 2.15. The number of nitrogens with zero attached hydrogens (tertiary/aromatic N) is 3. The van der Waals surface area contributed by atoms with Gasteiger partial charge in [0, 0.05) is 58.0 Å². The summed E-state index contributed by atoms with van der Waals surface area (Å²) in [5.41, 5.74) is 2.63. The fourth-order valence-corrected chi connectivity index (χ4v) is 3.76. The van der Waals surface area contributed by atoms with Gasteiger partial charge in [-0.1, -0.05) is 48.5 Å². The predicted molar refractivity (Wildman–Crippen MR) is 139 cm³/mol. The monoisotopic (exact) mass is 521 g/mol. The highest BCUT2D eigenvalue weighted by molar-refractivity contribution is 14.0. The molecule has 164 valence electrons. The van der Waals surface area contributed by atoms with Crippen molar-refractivity contribution in [2.45, 2.75) is 38.4 Å². The minimum Gasteiger partial charge on any atom is -0.370 e. The average Bonchev–Trinajstić information content (AvgIpc) is 2.78. The third kappa shape index (κ3) is 7.47. The van der Waals surface area contributed by atoms with Crippen molar-refractivity contribution < 1.29 is 0 Å². The Labute approximate surface area is 199 Å². The first-order valence-electron chi connectivity index (χ1n) is 10.7. The molecule has 3 rings (SSSR count). The van der Waals surface area contributed by atoms with Gasteiger partial charge in [0.1, 0.15) is 0 Å². The second kappa shape index (κ2) is 12.8. The van der Waals surface area contributed by atoms with Crippen LogP contribution in [0.4, 0.5) is 5.69 Å².